The van der Waals surface area contributed by atoms with Crippen LogP contribution in [0, 0.1) is 0 Å². The third-order valence-corrected chi connectivity index (χ3v) is 3.77. The fraction of sp³-hybridized carbons (Fsp3) is 0.353. The maximum Gasteiger partial charge on any atom is 0.231 e. The third-order valence-electron chi connectivity index (χ3n) is 3.77. The van der Waals surface area contributed by atoms with Crippen LogP contribution in [0.5, 0.6) is 0 Å². The van der Waals surface area contributed by atoms with Gasteiger partial charge in [0.2, 0.25) is 11.6 Å². The van der Waals surface area contributed by atoms with Gasteiger partial charge in [0.15, 0.2) is 12.1 Å². The van der Waals surface area contributed by atoms with Crippen molar-refractivity contribution in [2.45, 2.75) is 33.0 Å². The number of ether oxygens (including phenoxy) is 1. The highest BCUT2D eigenvalue weighted by atomic mass is 16.6. The number of carbonyl (C=O) groups is 2. The summed E-state index contributed by atoms with van der Waals surface area (Å²) in [4.78, 5) is 29.4. The van der Waals surface area contributed by atoms with E-state index in [2.05, 4.69) is 4.98 Å². The van der Waals surface area contributed by atoms with E-state index in [1.165, 1.54) is 6.20 Å². The fourth-order valence-corrected chi connectivity index (χ4v) is 2.77. The summed E-state index contributed by atoms with van der Waals surface area (Å²) in [6, 6.07) is 3.14. The average Bonchev–Trinajstić information content (AvgIpc) is 2.94. The molecule has 6 heteroatoms. The normalized spacial score (nSPS) is 14.8. The zero-order valence-corrected chi connectivity index (χ0v) is 13.1. The lowest BCUT2D eigenvalue weighted by Gasteiger charge is -2.16. The van der Waals surface area contributed by atoms with Gasteiger partial charge in [-0.25, -0.2) is 0 Å². The van der Waals surface area contributed by atoms with Crippen molar-refractivity contribution >= 4 is 11.6 Å². The van der Waals surface area contributed by atoms with Crippen LogP contribution in [0.2, 0.25) is 0 Å². The first-order chi connectivity index (χ1) is 11.0. The Hall–Kier alpha value is -2.31. The first-order valence-corrected chi connectivity index (χ1v) is 7.48. The van der Waals surface area contributed by atoms with Gasteiger partial charge in [-0.3, -0.25) is 14.6 Å². The highest BCUT2D eigenvalue weighted by Crippen LogP contribution is 2.38. The molecule has 0 spiro atoms. The molecule has 0 aliphatic heterocycles. The lowest BCUT2D eigenvalue weighted by Crippen LogP contribution is -2.22. The molecule has 0 aromatic carbocycles. The largest absolute Gasteiger partial charge is 0.456 e. The number of rotatable bonds is 4. The molecule has 3 rings (SSSR count). The minimum absolute atomic E-state index is 0.0482. The molecule has 0 bridgehead atoms. The maximum atomic E-state index is 12.8. The summed E-state index contributed by atoms with van der Waals surface area (Å²) in [5, 5.41) is 10.3. The van der Waals surface area contributed by atoms with Crippen LogP contribution in [0.1, 0.15) is 76.5 Å². The van der Waals surface area contributed by atoms with E-state index in [4.69, 9.17) is 9.15 Å². The van der Waals surface area contributed by atoms with E-state index in [0.717, 1.165) is 0 Å². The second kappa shape index (κ2) is 5.72. The molecular weight excluding hydrogens is 298 g/mol. The molecule has 1 N–H and O–H groups in total. The molecule has 2 aromatic rings. The van der Waals surface area contributed by atoms with Crippen LogP contribution in [0.4, 0.5) is 0 Å². The van der Waals surface area contributed by atoms with E-state index in [-0.39, 0.29) is 40.7 Å². The average molecular weight is 315 g/mol. The van der Waals surface area contributed by atoms with Crippen LogP contribution in [-0.4, -0.2) is 28.3 Å². The van der Waals surface area contributed by atoms with Crippen LogP contribution < -0.4 is 0 Å². The van der Waals surface area contributed by atoms with Gasteiger partial charge in [0.1, 0.15) is 11.5 Å². The number of ketones is 2. The number of furan rings is 1. The molecule has 0 radical (unpaired) electrons. The van der Waals surface area contributed by atoms with E-state index in [0.29, 0.717) is 5.76 Å². The summed E-state index contributed by atoms with van der Waals surface area (Å²) < 4.78 is 10.9. The molecule has 1 aliphatic carbocycles. The van der Waals surface area contributed by atoms with Gasteiger partial charge in [-0.05, 0) is 19.1 Å². The quantitative estimate of drug-likeness (QED) is 0.744. The Morgan fingerprint density at radius 3 is 2.70 bits per heavy atom. The number of nitrogens with zero attached hydrogens (tertiary/aromatic N) is 1. The van der Waals surface area contributed by atoms with Crippen LogP contribution in [0.3, 0.4) is 0 Å². The Balaban J connectivity index is 2.26. The number of pyridine rings is 1. The van der Waals surface area contributed by atoms with E-state index >= 15 is 0 Å². The van der Waals surface area contributed by atoms with E-state index in [1.807, 2.05) is 13.8 Å². The van der Waals surface area contributed by atoms with Gasteiger partial charge in [0.05, 0.1) is 16.7 Å². The van der Waals surface area contributed by atoms with Crippen LogP contribution >= 0.6 is 0 Å². The number of hydrogen-bond donors (Lipinski definition) is 1. The van der Waals surface area contributed by atoms with Crippen molar-refractivity contribution in [3.05, 3.63) is 52.2 Å². The molecule has 0 fully saturated rings. The summed E-state index contributed by atoms with van der Waals surface area (Å²) >= 11 is 0. The highest BCUT2D eigenvalue weighted by Gasteiger charge is 2.40. The number of hydrogen-bond acceptors (Lipinski definition) is 6. The van der Waals surface area contributed by atoms with Crippen molar-refractivity contribution in [2.75, 3.05) is 6.61 Å². The first kappa shape index (κ1) is 15.6. The van der Waals surface area contributed by atoms with Crippen molar-refractivity contribution < 1.29 is 23.8 Å². The summed E-state index contributed by atoms with van der Waals surface area (Å²) in [5.74, 6) is -0.625. The number of aliphatic hydroxyl groups excluding tert-OH is 1. The predicted octanol–water partition coefficient (Wildman–Crippen LogP) is 2.60. The summed E-state index contributed by atoms with van der Waals surface area (Å²) in [6.45, 7) is 5.70. The molecular formula is C17H17NO5. The molecule has 2 aromatic heterocycles. The molecule has 6 nitrogen and oxygen atoms in total. The smallest absolute Gasteiger partial charge is 0.231 e. The van der Waals surface area contributed by atoms with Crippen molar-refractivity contribution in [1.82, 2.24) is 4.98 Å². The van der Waals surface area contributed by atoms with Crippen LogP contribution in [0.25, 0.3) is 0 Å². The van der Waals surface area contributed by atoms with Gasteiger partial charge in [0.25, 0.3) is 0 Å². The van der Waals surface area contributed by atoms with Gasteiger partial charge >= 0.3 is 0 Å². The summed E-state index contributed by atoms with van der Waals surface area (Å²) in [7, 11) is 0. The molecule has 23 heavy (non-hydrogen) atoms. The SMILES string of the molecule is CCOC(O)c1c(C(C)C)oc2c1C(=O)c1ncccc1C2=O. The molecule has 0 amide bonds. The Bertz CT molecular complexity index is 790. The van der Waals surface area contributed by atoms with Gasteiger partial charge in [-0.1, -0.05) is 13.8 Å². The Morgan fingerprint density at radius 1 is 1.30 bits per heavy atom. The van der Waals surface area contributed by atoms with Crippen molar-refractivity contribution in [2.24, 2.45) is 0 Å². The third kappa shape index (κ3) is 2.31. The zero-order valence-electron chi connectivity index (χ0n) is 13.1. The van der Waals surface area contributed by atoms with Gasteiger partial charge in [-0.15, -0.1) is 0 Å². The van der Waals surface area contributed by atoms with Crippen LogP contribution in [-0.2, 0) is 4.74 Å². The molecule has 0 saturated carbocycles. The zero-order chi connectivity index (χ0) is 16.7. The lowest BCUT2D eigenvalue weighted by molar-refractivity contribution is -0.0992. The molecule has 120 valence electrons. The highest BCUT2D eigenvalue weighted by molar-refractivity contribution is 6.27. The number of aliphatic hydroxyl groups is 1. The van der Waals surface area contributed by atoms with Crippen LogP contribution in [0.15, 0.2) is 22.7 Å². The van der Waals surface area contributed by atoms with E-state index < -0.39 is 17.9 Å². The minimum Gasteiger partial charge on any atom is -0.456 e. The van der Waals surface area contributed by atoms with E-state index in [1.54, 1.807) is 19.1 Å². The first-order valence-electron chi connectivity index (χ1n) is 7.48. The molecule has 2 heterocycles. The second-order valence-corrected chi connectivity index (χ2v) is 5.60. The number of fused-ring (bicyclic) bond motifs is 2. The number of aromatic nitrogens is 1. The second-order valence-electron chi connectivity index (χ2n) is 5.60. The summed E-state index contributed by atoms with van der Waals surface area (Å²) in [6.07, 6.45) is 0.129. The van der Waals surface area contributed by atoms with Crippen molar-refractivity contribution in [1.29, 1.82) is 0 Å². The monoisotopic (exact) mass is 315 g/mol. The minimum atomic E-state index is -1.33. The maximum absolute atomic E-state index is 12.8. The van der Waals surface area contributed by atoms with Gasteiger partial charge in [0, 0.05) is 18.7 Å². The molecule has 1 unspecified atom stereocenters. The lowest BCUT2D eigenvalue weighted by atomic mass is 9.88. The van der Waals surface area contributed by atoms with Crippen molar-refractivity contribution in [3.63, 3.8) is 0 Å². The Labute approximate surface area is 133 Å². The van der Waals surface area contributed by atoms with E-state index in [9.17, 15) is 14.7 Å². The summed E-state index contributed by atoms with van der Waals surface area (Å²) in [5.41, 5.74) is 0.579. The number of carbonyl (C=O) groups excluding carboxylic acids is 2. The van der Waals surface area contributed by atoms with Gasteiger partial charge in [-0.2, -0.15) is 0 Å². The van der Waals surface area contributed by atoms with Crippen molar-refractivity contribution in [3.8, 4) is 0 Å². The standard InChI is InChI=1S/C17H17NO5/c1-4-22-17(21)11-10-14(20)12-9(6-5-7-18-12)13(19)16(10)23-15(11)8(2)3/h5-8,17,21H,4H2,1-3H3. The predicted molar refractivity (Wildman–Crippen MR) is 80.5 cm³/mol. The Morgan fingerprint density at radius 2 is 2.04 bits per heavy atom. The molecule has 1 aliphatic rings. The van der Waals surface area contributed by atoms with Gasteiger partial charge < -0.3 is 14.3 Å². The topological polar surface area (TPSA) is 89.6 Å². The Kier molecular flexibility index (Phi) is 3.87. The molecule has 0 saturated heterocycles. The fourth-order valence-electron chi connectivity index (χ4n) is 2.77. The molecule has 1 atom stereocenters.